The summed E-state index contributed by atoms with van der Waals surface area (Å²) in [4.78, 5) is 29.7. The SMILES string of the molecule is CN(C)CC(C)(C)c1ccc(N2CCc3c(C(N)=O)nn(-c4cccc(CN)c4)c3C2=O)cc1. The number of primary amides is 1. The van der Waals surface area contributed by atoms with Crippen LogP contribution in [0, 0.1) is 0 Å². The number of aromatic nitrogens is 2. The number of rotatable bonds is 7. The van der Waals surface area contributed by atoms with Crippen LogP contribution in [0.25, 0.3) is 5.69 Å². The van der Waals surface area contributed by atoms with Crippen molar-refractivity contribution in [3.05, 3.63) is 76.6 Å². The Morgan fingerprint density at radius 3 is 2.44 bits per heavy atom. The van der Waals surface area contributed by atoms with Crippen LogP contribution < -0.4 is 16.4 Å². The summed E-state index contributed by atoms with van der Waals surface area (Å²) in [6.07, 6.45) is 0.490. The van der Waals surface area contributed by atoms with E-state index in [1.165, 1.54) is 10.2 Å². The second-order valence-electron chi connectivity index (χ2n) is 9.70. The third-order valence-electron chi connectivity index (χ3n) is 6.31. The highest BCUT2D eigenvalue weighted by molar-refractivity contribution is 6.09. The molecule has 0 fully saturated rings. The van der Waals surface area contributed by atoms with Gasteiger partial charge in [0.15, 0.2) is 5.69 Å². The highest BCUT2D eigenvalue weighted by Crippen LogP contribution is 2.31. The van der Waals surface area contributed by atoms with Gasteiger partial charge in [0, 0.05) is 36.3 Å². The maximum Gasteiger partial charge on any atom is 0.277 e. The van der Waals surface area contributed by atoms with Gasteiger partial charge in [0.05, 0.1) is 5.69 Å². The lowest BCUT2D eigenvalue weighted by molar-refractivity contribution is 0.0972. The molecule has 0 saturated carbocycles. The van der Waals surface area contributed by atoms with E-state index in [1.807, 2.05) is 36.4 Å². The Labute approximate surface area is 200 Å². The lowest BCUT2D eigenvalue weighted by Crippen LogP contribution is -2.39. The minimum Gasteiger partial charge on any atom is -0.364 e. The molecule has 0 bridgehead atoms. The van der Waals surface area contributed by atoms with E-state index in [1.54, 1.807) is 4.90 Å². The number of likely N-dealkylation sites (N-methyl/N-ethyl adjacent to an activating group) is 1. The van der Waals surface area contributed by atoms with Gasteiger partial charge in [-0.3, -0.25) is 9.59 Å². The normalized spacial score (nSPS) is 13.9. The Hall–Kier alpha value is -3.49. The number of hydrogen-bond acceptors (Lipinski definition) is 5. The number of benzene rings is 2. The molecule has 4 N–H and O–H groups in total. The number of nitrogens with zero attached hydrogens (tertiary/aromatic N) is 4. The zero-order valence-electron chi connectivity index (χ0n) is 20.2. The monoisotopic (exact) mass is 460 g/mol. The predicted octanol–water partition coefficient (Wildman–Crippen LogP) is 2.47. The third-order valence-corrected chi connectivity index (χ3v) is 6.31. The predicted molar refractivity (Wildman–Crippen MR) is 133 cm³/mol. The molecule has 8 nitrogen and oxygen atoms in total. The van der Waals surface area contributed by atoms with Gasteiger partial charge in [0.1, 0.15) is 5.69 Å². The molecule has 0 aliphatic carbocycles. The molecule has 0 atom stereocenters. The summed E-state index contributed by atoms with van der Waals surface area (Å²) in [7, 11) is 4.12. The maximum absolute atomic E-state index is 13.7. The minimum atomic E-state index is -0.640. The Bertz CT molecular complexity index is 1230. The lowest BCUT2D eigenvalue weighted by atomic mass is 9.84. The number of fused-ring (bicyclic) bond motifs is 1. The van der Waals surface area contributed by atoms with Crippen molar-refractivity contribution in [1.82, 2.24) is 14.7 Å². The number of carbonyl (C=O) groups is 2. The molecule has 0 radical (unpaired) electrons. The van der Waals surface area contributed by atoms with E-state index in [0.717, 1.165) is 17.8 Å². The van der Waals surface area contributed by atoms with Crippen LogP contribution in [0.4, 0.5) is 5.69 Å². The molecule has 0 saturated heterocycles. The molecule has 4 rings (SSSR count). The Kier molecular flexibility index (Phi) is 6.29. The van der Waals surface area contributed by atoms with Crippen LogP contribution in [0.1, 0.15) is 51.5 Å². The van der Waals surface area contributed by atoms with Crippen LogP contribution in [0.5, 0.6) is 0 Å². The molecule has 0 unspecified atom stereocenters. The van der Waals surface area contributed by atoms with E-state index >= 15 is 0 Å². The molecule has 34 heavy (non-hydrogen) atoms. The average Bonchev–Trinajstić information content (AvgIpc) is 3.20. The standard InChI is InChI=1S/C26H32N6O2/c1-26(2,16-30(3)4)18-8-10-19(11-9-18)31-13-12-21-22(24(28)33)29-32(23(21)25(31)34)20-7-5-6-17(14-20)15-27/h5-11,14H,12-13,15-16,27H2,1-4H3,(H2,28,33). The van der Waals surface area contributed by atoms with E-state index in [9.17, 15) is 9.59 Å². The van der Waals surface area contributed by atoms with Crippen molar-refractivity contribution in [2.24, 2.45) is 11.5 Å². The second-order valence-corrected chi connectivity index (χ2v) is 9.70. The van der Waals surface area contributed by atoms with E-state index < -0.39 is 5.91 Å². The Morgan fingerprint density at radius 1 is 1.12 bits per heavy atom. The van der Waals surface area contributed by atoms with Gasteiger partial charge >= 0.3 is 0 Å². The largest absolute Gasteiger partial charge is 0.364 e. The Balaban J connectivity index is 1.72. The van der Waals surface area contributed by atoms with Crippen molar-refractivity contribution in [3.8, 4) is 5.69 Å². The van der Waals surface area contributed by atoms with Gasteiger partial charge < -0.3 is 21.3 Å². The van der Waals surface area contributed by atoms with Crippen molar-refractivity contribution >= 4 is 17.5 Å². The zero-order chi connectivity index (χ0) is 24.6. The van der Waals surface area contributed by atoms with E-state index in [0.29, 0.717) is 36.5 Å². The van der Waals surface area contributed by atoms with Crippen LogP contribution in [0.2, 0.25) is 0 Å². The number of carbonyl (C=O) groups excluding carboxylic acids is 2. The third kappa shape index (κ3) is 4.34. The molecule has 2 aromatic carbocycles. The maximum atomic E-state index is 13.7. The topological polar surface area (TPSA) is 110 Å². The van der Waals surface area contributed by atoms with Crippen LogP contribution in [-0.2, 0) is 18.4 Å². The van der Waals surface area contributed by atoms with Crippen molar-refractivity contribution < 1.29 is 9.59 Å². The van der Waals surface area contributed by atoms with Crippen molar-refractivity contribution in [3.63, 3.8) is 0 Å². The summed E-state index contributed by atoms with van der Waals surface area (Å²) in [6, 6.07) is 15.6. The molecule has 1 aliphatic heterocycles. The molecule has 2 heterocycles. The smallest absolute Gasteiger partial charge is 0.277 e. The van der Waals surface area contributed by atoms with E-state index in [4.69, 9.17) is 11.5 Å². The fourth-order valence-electron chi connectivity index (χ4n) is 4.78. The lowest BCUT2D eigenvalue weighted by Gasteiger charge is -2.31. The molecule has 2 amide bonds. The second kappa shape index (κ2) is 9.04. The van der Waals surface area contributed by atoms with E-state index in [2.05, 4.69) is 50.1 Å². The van der Waals surface area contributed by atoms with Crippen molar-refractivity contribution in [2.75, 3.05) is 32.1 Å². The highest BCUT2D eigenvalue weighted by atomic mass is 16.2. The summed E-state index contributed by atoms with van der Waals surface area (Å²) in [5.41, 5.74) is 16.1. The molecule has 1 aromatic heterocycles. The van der Waals surface area contributed by atoms with Crippen molar-refractivity contribution in [2.45, 2.75) is 32.2 Å². The minimum absolute atomic E-state index is 0.0237. The van der Waals surface area contributed by atoms with Crippen LogP contribution in [0.15, 0.2) is 48.5 Å². The molecule has 1 aliphatic rings. The number of nitrogens with two attached hydrogens (primary N) is 2. The van der Waals surface area contributed by atoms with Crippen LogP contribution >= 0.6 is 0 Å². The number of anilines is 1. The van der Waals surface area contributed by atoms with Crippen LogP contribution in [-0.4, -0.2) is 53.7 Å². The Morgan fingerprint density at radius 2 is 1.82 bits per heavy atom. The first-order valence-corrected chi connectivity index (χ1v) is 11.4. The summed E-state index contributed by atoms with van der Waals surface area (Å²) in [5, 5.41) is 4.44. The van der Waals surface area contributed by atoms with Crippen molar-refractivity contribution in [1.29, 1.82) is 0 Å². The van der Waals surface area contributed by atoms with Gasteiger partial charge in [0.2, 0.25) is 0 Å². The number of amides is 2. The fourth-order valence-corrected chi connectivity index (χ4v) is 4.78. The molecule has 8 heteroatoms. The molecular weight excluding hydrogens is 428 g/mol. The van der Waals surface area contributed by atoms with Gasteiger partial charge in [-0.05, 0) is 55.9 Å². The molecule has 0 spiro atoms. The summed E-state index contributed by atoms with van der Waals surface area (Å²) in [5.74, 6) is -0.849. The number of hydrogen-bond donors (Lipinski definition) is 2. The first-order valence-electron chi connectivity index (χ1n) is 11.4. The summed E-state index contributed by atoms with van der Waals surface area (Å²) in [6.45, 7) is 6.13. The zero-order valence-corrected chi connectivity index (χ0v) is 20.2. The average molecular weight is 461 g/mol. The molecular formula is C26H32N6O2. The summed E-state index contributed by atoms with van der Waals surface area (Å²) >= 11 is 0. The van der Waals surface area contributed by atoms with Gasteiger partial charge in [-0.25, -0.2) is 4.68 Å². The van der Waals surface area contributed by atoms with Gasteiger partial charge in [0.25, 0.3) is 11.8 Å². The highest BCUT2D eigenvalue weighted by Gasteiger charge is 2.34. The summed E-state index contributed by atoms with van der Waals surface area (Å²) < 4.78 is 1.53. The molecule has 3 aromatic rings. The van der Waals surface area contributed by atoms with E-state index in [-0.39, 0.29) is 17.0 Å². The van der Waals surface area contributed by atoms with Crippen LogP contribution in [0.3, 0.4) is 0 Å². The van der Waals surface area contributed by atoms with Gasteiger partial charge in [-0.2, -0.15) is 5.10 Å². The fraction of sp³-hybridized carbons (Fsp3) is 0.346. The first-order chi connectivity index (χ1) is 16.1. The quantitative estimate of drug-likeness (QED) is 0.563. The first kappa shape index (κ1) is 23.7. The van der Waals surface area contributed by atoms with Gasteiger partial charge in [-0.1, -0.05) is 38.1 Å². The van der Waals surface area contributed by atoms with Gasteiger partial charge in [-0.15, -0.1) is 0 Å². The molecule has 178 valence electrons.